The van der Waals surface area contributed by atoms with Crippen LogP contribution < -0.4 is 0 Å². The molecule has 25 heavy (non-hydrogen) atoms. The van der Waals surface area contributed by atoms with Gasteiger partial charge >= 0.3 is 5.97 Å². The Morgan fingerprint density at radius 3 is 2.48 bits per heavy atom. The van der Waals surface area contributed by atoms with Gasteiger partial charge in [-0.3, -0.25) is 9.59 Å². The molecule has 3 aliphatic rings. The van der Waals surface area contributed by atoms with Gasteiger partial charge in [0.05, 0.1) is 29.9 Å². The van der Waals surface area contributed by atoms with Gasteiger partial charge in [0.2, 0.25) is 11.8 Å². The minimum atomic E-state index is -1.25. The van der Waals surface area contributed by atoms with Crippen molar-refractivity contribution in [2.45, 2.75) is 44.3 Å². The van der Waals surface area contributed by atoms with Crippen LogP contribution >= 0.6 is 11.8 Å². The van der Waals surface area contributed by atoms with Crippen LogP contribution in [-0.4, -0.2) is 74.5 Å². The highest BCUT2D eigenvalue weighted by Gasteiger charge is 2.60. The number of β-lactam (4-membered cyclic amide) rings is 1. The topological polar surface area (TPSA) is 98.2 Å². The van der Waals surface area contributed by atoms with Gasteiger partial charge in [0.25, 0.3) is 0 Å². The molecule has 3 rings (SSSR count). The first kappa shape index (κ1) is 18.2. The molecule has 2 N–H and O–H groups in total. The van der Waals surface area contributed by atoms with E-state index in [4.69, 9.17) is 0 Å². The third kappa shape index (κ3) is 2.73. The second-order valence-corrected chi connectivity index (χ2v) is 8.15. The minimum Gasteiger partial charge on any atom is -0.477 e. The Balaban J connectivity index is 1.86. The van der Waals surface area contributed by atoms with Gasteiger partial charge in [0.1, 0.15) is 11.9 Å². The summed E-state index contributed by atoms with van der Waals surface area (Å²) < 4.78 is 14.3. The van der Waals surface area contributed by atoms with E-state index < -0.39 is 41.4 Å². The Labute approximate surface area is 148 Å². The quantitative estimate of drug-likeness (QED) is 0.695. The van der Waals surface area contributed by atoms with E-state index in [1.807, 2.05) is 0 Å². The lowest BCUT2D eigenvalue weighted by Crippen LogP contribution is -2.63. The highest BCUT2D eigenvalue weighted by atomic mass is 32.2. The van der Waals surface area contributed by atoms with Gasteiger partial charge in [-0.1, -0.05) is 6.92 Å². The number of hydrogen-bond donors (Lipinski definition) is 2. The second-order valence-electron chi connectivity index (χ2n) is 6.87. The highest BCUT2D eigenvalue weighted by Crippen LogP contribution is 2.52. The number of fused-ring (bicyclic) bond motifs is 1. The van der Waals surface area contributed by atoms with Crippen molar-refractivity contribution < 1.29 is 29.0 Å². The summed E-state index contributed by atoms with van der Waals surface area (Å²) in [4.78, 5) is 38.5. The van der Waals surface area contributed by atoms with Crippen LogP contribution in [0.2, 0.25) is 0 Å². The number of carbonyl (C=O) groups is 3. The van der Waals surface area contributed by atoms with E-state index in [1.54, 1.807) is 6.92 Å². The third-order valence-corrected chi connectivity index (χ3v) is 6.80. The largest absolute Gasteiger partial charge is 0.477 e. The van der Waals surface area contributed by atoms with Crippen molar-refractivity contribution in [3.8, 4) is 0 Å². The smallest absolute Gasteiger partial charge is 0.353 e. The summed E-state index contributed by atoms with van der Waals surface area (Å²) in [5, 5.41) is 18.8. The van der Waals surface area contributed by atoms with Gasteiger partial charge in [-0.05, 0) is 6.92 Å². The molecule has 0 saturated carbocycles. The predicted molar refractivity (Wildman–Crippen MR) is 88.2 cm³/mol. The number of likely N-dealkylation sites (tertiary alicyclic amines) is 1. The maximum atomic E-state index is 14.3. The van der Waals surface area contributed by atoms with Crippen LogP contribution in [0.1, 0.15) is 20.8 Å². The molecule has 138 valence electrons. The van der Waals surface area contributed by atoms with Gasteiger partial charge in [-0.15, -0.1) is 11.8 Å². The van der Waals surface area contributed by atoms with E-state index in [2.05, 4.69) is 0 Å². The molecule has 0 aromatic heterocycles. The van der Waals surface area contributed by atoms with Crippen molar-refractivity contribution in [1.29, 1.82) is 0 Å². The van der Waals surface area contributed by atoms with Gasteiger partial charge in [-0.25, -0.2) is 9.18 Å². The molecular weight excluding hydrogens is 351 g/mol. The molecule has 0 aliphatic carbocycles. The zero-order valence-corrected chi connectivity index (χ0v) is 15.0. The number of carboxylic acid groups (broad SMARTS) is 1. The maximum Gasteiger partial charge on any atom is 0.353 e. The standard InChI is InChI=1S/C16H21FN2O5S/c1-6-12-11(7(2)20)15(22)19(12)13(16(23)24)14(6)25-10-5-18(8(3)21)4-9(10)17/h6-7,9-12,20H,4-5H2,1-3H3,(H,23,24)/t6?,7?,9?,10?,11?,12-/m1/s1. The minimum absolute atomic E-state index is 0.000557. The average molecular weight is 372 g/mol. The molecule has 7 nitrogen and oxygen atoms in total. The molecule has 5 unspecified atom stereocenters. The van der Waals surface area contributed by atoms with Crippen molar-refractivity contribution in [3.05, 3.63) is 10.6 Å². The van der Waals surface area contributed by atoms with Gasteiger partial charge < -0.3 is 20.0 Å². The van der Waals surface area contributed by atoms with Crippen LogP contribution in [0.5, 0.6) is 0 Å². The number of carboxylic acids is 1. The number of aliphatic carboxylic acids is 1. The van der Waals surface area contributed by atoms with Gasteiger partial charge in [0.15, 0.2) is 0 Å². The molecule has 2 amide bonds. The number of amides is 2. The number of aliphatic hydroxyl groups excluding tert-OH is 1. The monoisotopic (exact) mass is 372 g/mol. The Hall–Kier alpha value is -1.61. The summed E-state index contributed by atoms with van der Waals surface area (Å²) in [6.07, 6.45) is -2.12. The molecule has 3 aliphatic heterocycles. The summed E-state index contributed by atoms with van der Waals surface area (Å²) in [6, 6.07) is -0.413. The second kappa shape index (κ2) is 6.28. The van der Waals surface area contributed by atoms with E-state index >= 15 is 0 Å². The summed E-state index contributed by atoms with van der Waals surface area (Å²) >= 11 is 1.11. The summed E-state index contributed by atoms with van der Waals surface area (Å²) in [5.41, 5.74) is -0.113. The van der Waals surface area contributed by atoms with E-state index in [0.717, 1.165) is 11.8 Å². The first-order chi connectivity index (χ1) is 11.6. The fraction of sp³-hybridized carbons (Fsp3) is 0.688. The Kier molecular flexibility index (Phi) is 4.57. The van der Waals surface area contributed by atoms with Crippen LogP contribution in [0.4, 0.5) is 4.39 Å². The van der Waals surface area contributed by atoms with E-state index in [9.17, 15) is 29.0 Å². The number of hydrogen-bond acceptors (Lipinski definition) is 5. The van der Waals surface area contributed by atoms with Gasteiger partial charge in [-0.2, -0.15) is 0 Å². The Bertz CT molecular complexity index is 667. The fourth-order valence-corrected chi connectivity index (χ4v) is 5.41. The van der Waals surface area contributed by atoms with Crippen molar-refractivity contribution in [3.63, 3.8) is 0 Å². The van der Waals surface area contributed by atoms with Crippen LogP contribution in [0.25, 0.3) is 0 Å². The molecule has 0 radical (unpaired) electrons. The molecule has 2 saturated heterocycles. The Morgan fingerprint density at radius 2 is 2.00 bits per heavy atom. The summed E-state index contributed by atoms with van der Waals surface area (Å²) in [7, 11) is 0. The molecule has 6 atom stereocenters. The SMILES string of the molecule is CC(=O)N1CC(F)C(SC2=C(C(=O)O)N3C(=O)C(C(C)O)[C@H]3C2C)C1. The fourth-order valence-electron chi connectivity index (χ4n) is 3.94. The van der Waals surface area contributed by atoms with Crippen molar-refractivity contribution in [1.82, 2.24) is 9.80 Å². The molecular formula is C16H21FN2O5S. The Morgan fingerprint density at radius 1 is 1.36 bits per heavy atom. The number of thioether (sulfide) groups is 1. The lowest BCUT2D eigenvalue weighted by molar-refractivity contribution is -0.163. The van der Waals surface area contributed by atoms with E-state index in [1.165, 1.54) is 23.6 Å². The van der Waals surface area contributed by atoms with Crippen molar-refractivity contribution in [2.24, 2.45) is 11.8 Å². The molecule has 0 bridgehead atoms. The number of halogens is 1. The summed E-state index contributed by atoms with van der Waals surface area (Å²) in [5.74, 6) is -2.79. The predicted octanol–water partition coefficient (Wildman–Crippen LogP) is 0.442. The number of carbonyl (C=O) groups excluding carboxylic acids is 2. The van der Waals surface area contributed by atoms with E-state index in [0.29, 0.717) is 4.91 Å². The highest BCUT2D eigenvalue weighted by molar-refractivity contribution is 8.03. The molecule has 9 heteroatoms. The van der Waals surface area contributed by atoms with Crippen LogP contribution in [-0.2, 0) is 14.4 Å². The lowest BCUT2D eigenvalue weighted by atomic mass is 9.79. The van der Waals surface area contributed by atoms with Crippen LogP contribution in [0.15, 0.2) is 10.6 Å². The van der Waals surface area contributed by atoms with Crippen molar-refractivity contribution >= 4 is 29.5 Å². The number of alkyl halides is 1. The number of aliphatic hydroxyl groups is 1. The first-order valence-corrected chi connectivity index (χ1v) is 9.08. The molecule has 0 spiro atoms. The van der Waals surface area contributed by atoms with Crippen LogP contribution in [0.3, 0.4) is 0 Å². The normalized spacial score (nSPS) is 35.7. The molecule has 0 aromatic rings. The molecule has 3 heterocycles. The van der Waals surface area contributed by atoms with E-state index in [-0.39, 0.29) is 30.6 Å². The number of nitrogens with zero attached hydrogens (tertiary/aromatic N) is 2. The third-order valence-electron chi connectivity index (χ3n) is 5.23. The number of rotatable bonds is 4. The zero-order chi connectivity index (χ0) is 18.6. The lowest BCUT2D eigenvalue weighted by Gasteiger charge is -2.46. The van der Waals surface area contributed by atoms with Gasteiger partial charge in [0, 0.05) is 24.3 Å². The molecule has 0 aromatic carbocycles. The van der Waals surface area contributed by atoms with Crippen molar-refractivity contribution in [2.75, 3.05) is 13.1 Å². The van der Waals surface area contributed by atoms with Crippen LogP contribution in [0, 0.1) is 11.8 Å². The zero-order valence-electron chi connectivity index (χ0n) is 14.2. The summed E-state index contributed by atoms with van der Waals surface area (Å²) in [6.45, 7) is 4.89. The molecule has 2 fully saturated rings. The average Bonchev–Trinajstić information content (AvgIpc) is 2.97. The maximum absolute atomic E-state index is 14.3. The first-order valence-electron chi connectivity index (χ1n) is 8.20.